The minimum atomic E-state index is -0.470. The van der Waals surface area contributed by atoms with E-state index in [9.17, 15) is 9.90 Å². The van der Waals surface area contributed by atoms with E-state index in [2.05, 4.69) is 27.7 Å². The minimum Gasteiger partial charge on any atom is -0.469 e. The summed E-state index contributed by atoms with van der Waals surface area (Å²) in [5, 5.41) is 10.6. The van der Waals surface area contributed by atoms with E-state index in [1.54, 1.807) is 6.26 Å². The van der Waals surface area contributed by atoms with E-state index in [0.717, 1.165) is 23.3 Å². The van der Waals surface area contributed by atoms with Crippen molar-refractivity contribution >= 4 is 5.97 Å². The summed E-state index contributed by atoms with van der Waals surface area (Å²) in [7, 11) is 0. The molecule has 26 heavy (non-hydrogen) atoms. The number of furan rings is 1. The van der Waals surface area contributed by atoms with Crippen LogP contribution in [-0.4, -0.2) is 28.9 Å². The first-order valence-corrected chi connectivity index (χ1v) is 9.86. The molecular formula is C21H30O5. The molecule has 2 heterocycles. The third-order valence-electron chi connectivity index (χ3n) is 7.50. The third kappa shape index (κ3) is 2.26. The summed E-state index contributed by atoms with van der Waals surface area (Å²) in [5.74, 6) is 0.938. The predicted molar refractivity (Wildman–Crippen MR) is 95.6 cm³/mol. The summed E-state index contributed by atoms with van der Waals surface area (Å²) in [6, 6.07) is 0. The van der Waals surface area contributed by atoms with E-state index in [1.807, 2.05) is 6.92 Å². The smallest absolute Gasteiger partial charge is 0.306 e. The molecule has 1 aliphatic heterocycles. The SMILES string of the molecule is CCC(C)CC(=O)OC1c2c(C)coc2CC23OC2CC(O)C(C)C13C. The molecule has 7 unspecified atom stereocenters. The Balaban J connectivity index is 1.75. The summed E-state index contributed by atoms with van der Waals surface area (Å²) in [6.45, 7) is 10.3. The summed E-state index contributed by atoms with van der Waals surface area (Å²) < 4.78 is 18.1. The number of aliphatic hydroxyl groups is 1. The van der Waals surface area contributed by atoms with Gasteiger partial charge < -0.3 is 19.0 Å². The lowest BCUT2D eigenvalue weighted by Gasteiger charge is -2.52. The van der Waals surface area contributed by atoms with Crippen molar-refractivity contribution in [3.8, 4) is 0 Å². The Labute approximate surface area is 155 Å². The topological polar surface area (TPSA) is 72.2 Å². The highest BCUT2D eigenvalue weighted by Crippen LogP contribution is 2.69. The summed E-state index contributed by atoms with van der Waals surface area (Å²) in [6.07, 6.45) is 3.53. The van der Waals surface area contributed by atoms with Crippen LogP contribution in [0.3, 0.4) is 0 Å². The van der Waals surface area contributed by atoms with Crippen molar-refractivity contribution in [3.05, 3.63) is 23.2 Å². The van der Waals surface area contributed by atoms with E-state index < -0.39 is 23.2 Å². The molecule has 1 saturated heterocycles. The van der Waals surface area contributed by atoms with Gasteiger partial charge in [-0.25, -0.2) is 0 Å². The van der Waals surface area contributed by atoms with Crippen molar-refractivity contribution < 1.29 is 23.8 Å². The minimum absolute atomic E-state index is 0.00743. The number of ether oxygens (including phenoxy) is 2. The first-order chi connectivity index (χ1) is 12.2. The number of carbonyl (C=O) groups excluding carboxylic acids is 1. The largest absolute Gasteiger partial charge is 0.469 e. The zero-order chi connectivity index (χ0) is 18.9. The molecule has 5 heteroatoms. The van der Waals surface area contributed by atoms with Crippen LogP contribution < -0.4 is 0 Å². The number of aliphatic hydroxyl groups excluding tert-OH is 1. The van der Waals surface area contributed by atoms with Crippen LogP contribution in [0.15, 0.2) is 10.7 Å². The standard InChI is InChI=1S/C21H30O5/c1-6-11(2)7-17(23)25-19-18-12(3)10-24-15(18)9-21-16(26-21)8-14(22)13(4)20(19,21)5/h10-11,13-14,16,19,22H,6-9H2,1-5H3. The van der Waals surface area contributed by atoms with E-state index in [0.29, 0.717) is 19.3 Å². The molecule has 3 aliphatic rings. The highest BCUT2D eigenvalue weighted by Gasteiger charge is 2.77. The fraction of sp³-hybridized carbons (Fsp3) is 0.762. The molecule has 2 aliphatic carbocycles. The molecule has 5 nitrogen and oxygen atoms in total. The molecule has 1 aromatic rings. The van der Waals surface area contributed by atoms with Crippen molar-refractivity contribution in [3.63, 3.8) is 0 Å². The maximum atomic E-state index is 12.7. The number of epoxide rings is 1. The molecule has 1 spiro atoms. The maximum absolute atomic E-state index is 12.7. The Morgan fingerprint density at radius 1 is 1.50 bits per heavy atom. The van der Waals surface area contributed by atoms with Crippen molar-refractivity contribution in [1.82, 2.24) is 0 Å². The fourth-order valence-electron chi connectivity index (χ4n) is 5.27. The first-order valence-electron chi connectivity index (χ1n) is 9.86. The van der Waals surface area contributed by atoms with Gasteiger partial charge in [-0.15, -0.1) is 0 Å². The summed E-state index contributed by atoms with van der Waals surface area (Å²) in [5.41, 5.74) is 1.11. The molecule has 1 N–H and O–H groups in total. The van der Waals surface area contributed by atoms with Gasteiger partial charge in [-0.3, -0.25) is 4.79 Å². The lowest BCUT2D eigenvalue weighted by Crippen LogP contribution is -2.58. The number of hydrogen-bond donors (Lipinski definition) is 1. The van der Waals surface area contributed by atoms with Gasteiger partial charge in [0.2, 0.25) is 0 Å². The second kappa shape index (κ2) is 5.83. The summed E-state index contributed by atoms with van der Waals surface area (Å²) in [4.78, 5) is 12.7. The fourth-order valence-corrected chi connectivity index (χ4v) is 5.27. The van der Waals surface area contributed by atoms with E-state index in [-0.39, 0.29) is 23.9 Å². The van der Waals surface area contributed by atoms with Crippen LogP contribution in [0.5, 0.6) is 0 Å². The van der Waals surface area contributed by atoms with Gasteiger partial charge in [0, 0.05) is 30.2 Å². The molecule has 0 radical (unpaired) electrons. The molecular weight excluding hydrogens is 332 g/mol. The Morgan fingerprint density at radius 2 is 2.23 bits per heavy atom. The van der Waals surface area contributed by atoms with Crippen molar-refractivity contribution in [2.24, 2.45) is 17.3 Å². The highest BCUT2D eigenvalue weighted by molar-refractivity contribution is 5.70. The van der Waals surface area contributed by atoms with Crippen LogP contribution in [0.4, 0.5) is 0 Å². The van der Waals surface area contributed by atoms with Crippen LogP contribution >= 0.6 is 0 Å². The number of fused-ring (bicyclic) bond motifs is 1. The zero-order valence-corrected chi connectivity index (χ0v) is 16.4. The number of rotatable bonds is 4. The van der Waals surface area contributed by atoms with E-state index >= 15 is 0 Å². The van der Waals surface area contributed by atoms with E-state index in [1.165, 1.54) is 0 Å². The average molecular weight is 362 g/mol. The Hall–Kier alpha value is -1.33. The molecule has 1 aromatic heterocycles. The molecule has 0 bridgehead atoms. The normalized spacial score (nSPS) is 41.6. The maximum Gasteiger partial charge on any atom is 0.306 e. The number of esters is 1. The lowest BCUT2D eigenvalue weighted by molar-refractivity contribution is -0.176. The van der Waals surface area contributed by atoms with Crippen LogP contribution in [0.1, 0.15) is 69.9 Å². The van der Waals surface area contributed by atoms with Crippen molar-refractivity contribution in [1.29, 1.82) is 0 Å². The molecule has 2 fully saturated rings. The van der Waals surface area contributed by atoms with E-state index in [4.69, 9.17) is 13.9 Å². The quantitative estimate of drug-likeness (QED) is 0.653. The molecule has 7 atom stereocenters. The summed E-state index contributed by atoms with van der Waals surface area (Å²) >= 11 is 0. The van der Waals surface area contributed by atoms with Gasteiger partial charge in [0.05, 0.1) is 18.5 Å². The lowest BCUT2D eigenvalue weighted by atomic mass is 9.53. The number of hydrogen-bond acceptors (Lipinski definition) is 5. The van der Waals surface area contributed by atoms with Gasteiger partial charge >= 0.3 is 5.97 Å². The van der Waals surface area contributed by atoms with Gasteiger partial charge in [-0.05, 0) is 24.3 Å². The number of carbonyl (C=O) groups is 1. The van der Waals surface area contributed by atoms with Gasteiger partial charge in [0.15, 0.2) is 0 Å². The Bertz CT molecular complexity index is 724. The van der Waals surface area contributed by atoms with Gasteiger partial charge in [-0.2, -0.15) is 0 Å². The third-order valence-corrected chi connectivity index (χ3v) is 7.50. The Morgan fingerprint density at radius 3 is 2.92 bits per heavy atom. The van der Waals surface area contributed by atoms with Gasteiger partial charge in [-0.1, -0.05) is 34.1 Å². The highest BCUT2D eigenvalue weighted by atomic mass is 16.6. The number of aryl methyl sites for hydroxylation is 1. The second-order valence-electron chi connectivity index (χ2n) is 8.89. The van der Waals surface area contributed by atoms with Crippen LogP contribution in [0, 0.1) is 24.2 Å². The first kappa shape index (κ1) is 18.1. The molecule has 1 saturated carbocycles. The molecule has 4 rings (SSSR count). The van der Waals surface area contributed by atoms with Gasteiger partial charge in [0.1, 0.15) is 17.5 Å². The zero-order valence-electron chi connectivity index (χ0n) is 16.4. The van der Waals surface area contributed by atoms with Crippen molar-refractivity contribution in [2.75, 3.05) is 0 Å². The van der Waals surface area contributed by atoms with Crippen LogP contribution in [0.2, 0.25) is 0 Å². The predicted octanol–water partition coefficient (Wildman–Crippen LogP) is 3.71. The molecule has 0 amide bonds. The van der Waals surface area contributed by atoms with Crippen LogP contribution in [-0.2, 0) is 20.7 Å². The second-order valence-corrected chi connectivity index (χ2v) is 8.89. The molecule has 0 aromatic carbocycles. The van der Waals surface area contributed by atoms with Crippen LogP contribution in [0.25, 0.3) is 0 Å². The van der Waals surface area contributed by atoms with Crippen molar-refractivity contribution in [2.45, 2.75) is 84.2 Å². The average Bonchev–Trinajstić information content (AvgIpc) is 3.16. The van der Waals surface area contributed by atoms with Gasteiger partial charge in [0.25, 0.3) is 0 Å². The molecule has 144 valence electrons. The Kier molecular flexibility index (Phi) is 4.05. The monoisotopic (exact) mass is 362 g/mol.